The SMILES string of the molecule is N#Cc1ccc(NC(=O)Cc2ccccc2O)c(Br)c1. The number of hydrogen-bond acceptors (Lipinski definition) is 3. The van der Waals surface area contributed by atoms with E-state index in [1.807, 2.05) is 6.07 Å². The average Bonchev–Trinajstić information content (AvgIpc) is 2.43. The van der Waals surface area contributed by atoms with Gasteiger partial charge in [0.2, 0.25) is 5.91 Å². The molecule has 20 heavy (non-hydrogen) atoms. The molecule has 2 aromatic rings. The second kappa shape index (κ2) is 6.22. The highest BCUT2D eigenvalue weighted by atomic mass is 79.9. The Balaban J connectivity index is 2.09. The predicted molar refractivity (Wildman–Crippen MR) is 79.3 cm³/mol. The van der Waals surface area contributed by atoms with Crippen LogP contribution in [0.1, 0.15) is 11.1 Å². The standard InChI is InChI=1S/C15H11BrN2O2/c16-12-7-10(9-17)5-6-13(12)18-15(20)8-11-3-1-2-4-14(11)19/h1-7,19H,8H2,(H,18,20). The van der Waals surface area contributed by atoms with Gasteiger partial charge in [-0.25, -0.2) is 0 Å². The molecular weight excluding hydrogens is 320 g/mol. The summed E-state index contributed by atoms with van der Waals surface area (Å²) in [6, 6.07) is 13.6. The Morgan fingerprint density at radius 3 is 2.70 bits per heavy atom. The maximum Gasteiger partial charge on any atom is 0.228 e. The Bertz CT molecular complexity index is 693. The number of rotatable bonds is 3. The van der Waals surface area contributed by atoms with E-state index in [0.29, 0.717) is 21.3 Å². The van der Waals surface area contributed by atoms with Gasteiger partial charge in [-0.05, 0) is 40.2 Å². The van der Waals surface area contributed by atoms with Crippen molar-refractivity contribution in [2.75, 3.05) is 5.32 Å². The molecule has 0 saturated heterocycles. The maximum atomic E-state index is 11.9. The summed E-state index contributed by atoms with van der Waals surface area (Å²) < 4.78 is 0.641. The van der Waals surface area contributed by atoms with Crippen molar-refractivity contribution in [3.05, 3.63) is 58.1 Å². The number of phenols is 1. The van der Waals surface area contributed by atoms with E-state index in [9.17, 15) is 9.90 Å². The number of benzene rings is 2. The van der Waals surface area contributed by atoms with Crippen molar-refractivity contribution in [2.24, 2.45) is 0 Å². The molecule has 0 saturated carbocycles. The zero-order chi connectivity index (χ0) is 14.5. The summed E-state index contributed by atoms with van der Waals surface area (Å²) in [5.74, 6) is -0.140. The molecule has 0 spiro atoms. The van der Waals surface area contributed by atoms with Crippen LogP contribution >= 0.6 is 15.9 Å². The summed E-state index contributed by atoms with van der Waals surface area (Å²) in [6.07, 6.45) is 0.0825. The van der Waals surface area contributed by atoms with Gasteiger partial charge in [-0.15, -0.1) is 0 Å². The first-order valence-corrected chi connectivity index (χ1v) is 6.66. The fourth-order valence-corrected chi connectivity index (χ4v) is 2.19. The zero-order valence-corrected chi connectivity index (χ0v) is 12.0. The molecule has 0 radical (unpaired) electrons. The molecule has 0 aliphatic carbocycles. The first-order chi connectivity index (χ1) is 9.60. The highest BCUT2D eigenvalue weighted by Gasteiger charge is 2.09. The van der Waals surface area contributed by atoms with Gasteiger partial charge in [-0.2, -0.15) is 5.26 Å². The van der Waals surface area contributed by atoms with E-state index < -0.39 is 0 Å². The van der Waals surface area contributed by atoms with E-state index in [4.69, 9.17) is 5.26 Å². The van der Waals surface area contributed by atoms with E-state index in [0.717, 1.165) is 0 Å². The van der Waals surface area contributed by atoms with Gasteiger partial charge in [-0.3, -0.25) is 4.79 Å². The van der Waals surface area contributed by atoms with Crippen molar-refractivity contribution >= 4 is 27.5 Å². The maximum absolute atomic E-state index is 11.9. The van der Waals surface area contributed by atoms with Gasteiger partial charge in [0.1, 0.15) is 5.75 Å². The van der Waals surface area contributed by atoms with Gasteiger partial charge < -0.3 is 10.4 Å². The Morgan fingerprint density at radius 2 is 2.05 bits per heavy atom. The van der Waals surface area contributed by atoms with Gasteiger partial charge in [0, 0.05) is 10.0 Å². The van der Waals surface area contributed by atoms with E-state index in [2.05, 4.69) is 21.2 Å². The number of anilines is 1. The molecule has 0 aromatic heterocycles. The third kappa shape index (κ3) is 3.37. The third-order valence-electron chi connectivity index (χ3n) is 2.71. The van der Waals surface area contributed by atoms with Crippen LogP contribution < -0.4 is 5.32 Å². The molecule has 0 bridgehead atoms. The average molecular weight is 331 g/mol. The van der Waals surface area contributed by atoms with Gasteiger partial charge in [-0.1, -0.05) is 18.2 Å². The van der Waals surface area contributed by atoms with Crippen LogP contribution in [0.3, 0.4) is 0 Å². The molecule has 0 atom stereocenters. The highest BCUT2D eigenvalue weighted by molar-refractivity contribution is 9.10. The lowest BCUT2D eigenvalue weighted by molar-refractivity contribution is -0.115. The van der Waals surface area contributed by atoms with Crippen molar-refractivity contribution in [2.45, 2.75) is 6.42 Å². The number of hydrogen-bond donors (Lipinski definition) is 2. The molecule has 0 unspecified atom stereocenters. The van der Waals surface area contributed by atoms with E-state index in [1.165, 1.54) is 0 Å². The van der Waals surface area contributed by atoms with Crippen LogP contribution in [0.4, 0.5) is 5.69 Å². The minimum atomic E-state index is -0.239. The molecule has 0 aliphatic heterocycles. The molecule has 5 heteroatoms. The second-order valence-corrected chi connectivity index (χ2v) is 5.01. The number of halogens is 1. The fraction of sp³-hybridized carbons (Fsp3) is 0.0667. The number of nitrogens with one attached hydrogen (secondary N) is 1. The van der Waals surface area contributed by atoms with Crippen molar-refractivity contribution in [3.63, 3.8) is 0 Å². The topological polar surface area (TPSA) is 73.1 Å². The van der Waals surface area contributed by atoms with Gasteiger partial charge in [0.15, 0.2) is 0 Å². The van der Waals surface area contributed by atoms with Crippen LogP contribution in [0.25, 0.3) is 0 Å². The Morgan fingerprint density at radius 1 is 1.30 bits per heavy atom. The molecule has 2 N–H and O–H groups in total. The summed E-state index contributed by atoms with van der Waals surface area (Å²) >= 11 is 3.30. The number of nitriles is 1. The van der Waals surface area contributed by atoms with Crippen molar-refractivity contribution in [3.8, 4) is 11.8 Å². The van der Waals surface area contributed by atoms with E-state index in [-0.39, 0.29) is 18.1 Å². The molecule has 4 nitrogen and oxygen atoms in total. The molecule has 0 heterocycles. The van der Waals surface area contributed by atoms with Crippen molar-refractivity contribution in [1.29, 1.82) is 5.26 Å². The van der Waals surface area contributed by atoms with Crippen LogP contribution in [-0.4, -0.2) is 11.0 Å². The Kier molecular flexibility index (Phi) is 4.38. The minimum Gasteiger partial charge on any atom is -0.508 e. The molecule has 1 amide bonds. The smallest absolute Gasteiger partial charge is 0.228 e. The number of para-hydroxylation sites is 1. The quantitative estimate of drug-likeness (QED) is 0.907. The number of amides is 1. The second-order valence-electron chi connectivity index (χ2n) is 4.16. The van der Waals surface area contributed by atoms with E-state index in [1.54, 1.807) is 42.5 Å². The number of nitrogens with zero attached hydrogens (tertiary/aromatic N) is 1. The highest BCUT2D eigenvalue weighted by Crippen LogP contribution is 2.24. The number of aromatic hydroxyl groups is 1. The van der Waals surface area contributed by atoms with Gasteiger partial charge >= 0.3 is 0 Å². The molecule has 2 aromatic carbocycles. The van der Waals surface area contributed by atoms with Gasteiger partial charge in [0.05, 0.1) is 23.7 Å². The molecule has 2 rings (SSSR count). The molecular formula is C15H11BrN2O2. The summed E-state index contributed by atoms with van der Waals surface area (Å²) in [7, 11) is 0. The number of phenolic OH excluding ortho intramolecular Hbond substituents is 1. The zero-order valence-electron chi connectivity index (χ0n) is 10.4. The summed E-state index contributed by atoms with van der Waals surface area (Å²) in [5, 5.41) is 21.1. The Hall–Kier alpha value is -2.32. The van der Waals surface area contributed by atoms with Gasteiger partial charge in [0.25, 0.3) is 0 Å². The van der Waals surface area contributed by atoms with Crippen LogP contribution in [0.2, 0.25) is 0 Å². The van der Waals surface area contributed by atoms with E-state index >= 15 is 0 Å². The van der Waals surface area contributed by atoms with Crippen LogP contribution in [-0.2, 0) is 11.2 Å². The Labute approximate surface area is 124 Å². The first-order valence-electron chi connectivity index (χ1n) is 5.86. The van der Waals surface area contributed by atoms with Crippen LogP contribution in [0, 0.1) is 11.3 Å². The normalized spacial score (nSPS) is 9.80. The monoisotopic (exact) mass is 330 g/mol. The van der Waals surface area contributed by atoms with Crippen molar-refractivity contribution in [1.82, 2.24) is 0 Å². The summed E-state index contributed by atoms with van der Waals surface area (Å²) in [5.41, 5.74) is 1.66. The predicted octanol–water partition coefficient (Wildman–Crippen LogP) is 3.21. The lowest BCUT2D eigenvalue weighted by Crippen LogP contribution is -2.14. The fourth-order valence-electron chi connectivity index (χ4n) is 1.71. The summed E-state index contributed by atoms with van der Waals surface area (Å²) in [4.78, 5) is 11.9. The molecule has 0 fully saturated rings. The van der Waals surface area contributed by atoms with Crippen molar-refractivity contribution < 1.29 is 9.90 Å². The number of carbonyl (C=O) groups is 1. The lowest BCUT2D eigenvalue weighted by atomic mass is 10.1. The number of carbonyl (C=O) groups excluding carboxylic acids is 1. The minimum absolute atomic E-state index is 0.0825. The van der Waals surface area contributed by atoms with Crippen LogP contribution in [0.15, 0.2) is 46.9 Å². The largest absolute Gasteiger partial charge is 0.508 e. The molecule has 0 aliphatic rings. The molecule has 100 valence electrons. The van der Waals surface area contributed by atoms with Crippen LogP contribution in [0.5, 0.6) is 5.75 Å². The summed E-state index contributed by atoms with van der Waals surface area (Å²) in [6.45, 7) is 0. The lowest BCUT2D eigenvalue weighted by Gasteiger charge is -2.08. The third-order valence-corrected chi connectivity index (χ3v) is 3.37. The first kappa shape index (κ1) is 14.1.